The van der Waals surface area contributed by atoms with E-state index in [-0.39, 0.29) is 25.0 Å². The summed E-state index contributed by atoms with van der Waals surface area (Å²) in [5, 5.41) is 5.12. The molecule has 5 nitrogen and oxygen atoms in total. The molecule has 0 bridgehead atoms. The highest BCUT2D eigenvalue weighted by molar-refractivity contribution is 5.86. The molecule has 0 aliphatic rings. The molecule has 1 aromatic rings. The number of ether oxygens (including phenoxy) is 1. The fraction of sp³-hybridized carbons (Fsp3) is 0.467. The molecule has 23 heavy (non-hydrogen) atoms. The van der Waals surface area contributed by atoms with Crippen LogP contribution < -0.4 is 10.6 Å². The number of amides is 2. The molecule has 0 saturated carbocycles. The number of carbonyl (C=O) groups excluding carboxylic acids is 2. The number of alkyl halides is 3. The molecule has 128 valence electrons. The zero-order valence-corrected chi connectivity index (χ0v) is 12.9. The molecule has 1 atom stereocenters. The van der Waals surface area contributed by atoms with Gasteiger partial charge in [0.05, 0.1) is 6.61 Å². The van der Waals surface area contributed by atoms with Crippen molar-refractivity contribution in [3.05, 3.63) is 35.4 Å². The minimum absolute atomic E-state index is 0.133. The lowest BCUT2D eigenvalue weighted by Gasteiger charge is -2.13. The normalized spacial score (nSPS) is 12.6. The molecule has 1 rings (SSSR count). The summed E-state index contributed by atoms with van der Waals surface area (Å²) < 4.78 is 40.4. The summed E-state index contributed by atoms with van der Waals surface area (Å²) in [7, 11) is 0. The van der Waals surface area contributed by atoms with E-state index >= 15 is 0 Å². The smallest absolute Gasteiger partial charge is 0.367 e. The first-order valence-corrected chi connectivity index (χ1v) is 6.94. The van der Waals surface area contributed by atoms with Crippen molar-refractivity contribution in [2.24, 2.45) is 0 Å². The number of hydrogen-bond donors (Lipinski definition) is 2. The summed E-state index contributed by atoms with van der Waals surface area (Å²) >= 11 is 0. The van der Waals surface area contributed by atoms with Crippen LogP contribution in [0.25, 0.3) is 0 Å². The first-order chi connectivity index (χ1) is 10.7. The van der Waals surface area contributed by atoms with Gasteiger partial charge in [0.2, 0.25) is 11.8 Å². The molecule has 0 heterocycles. The quantitative estimate of drug-likeness (QED) is 0.801. The Balaban J connectivity index is 2.39. The molecule has 0 aliphatic heterocycles. The number of nitrogens with one attached hydrogen (secondary N) is 2. The van der Waals surface area contributed by atoms with Gasteiger partial charge in [-0.05, 0) is 18.1 Å². The molecule has 1 unspecified atom stereocenters. The molecule has 0 aliphatic carbocycles. The molecule has 0 spiro atoms. The average molecular weight is 332 g/mol. The van der Waals surface area contributed by atoms with Crippen molar-refractivity contribution in [1.82, 2.24) is 10.6 Å². The van der Waals surface area contributed by atoms with E-state index in [1.807, 2.05) is 0 Å². The van der Waals surface area contributed by atoms with E-state index in [0.717, 1.165) is 5.56 Å². The molecular weight excluding hydrogens is 313 g/mol. The van der Waals surface area contributed by atoms with Crippen LogP contribution >= 0.6 is 0 Å². The number of rotatable bonds is 7. The first-order valence-electron chi connectivity index (χ1n) is 6.94. The molecular formula is C15H19F3N2O3. The Kier molecular flexibility index (Phi) is 7.02. The largest absolute Gasteiger partial charge is 0.411 e. The van der Waals surface area contributed by atoms with Crippen LogP contribution in [0.5, 0.6) is 0 Å². The van der Waals surface area contributed by atoms with Crippen molar-refractivity contribution >= 4 is 11.8 Å². The van der Waals surface area contributed by atoms with E-state index in [1.165, 1.54) is 6.92 Å². The monoisotopic (exact) mass is 332 g/mol. The van der Waals surface area contributed by atoms with E-state index in [0.29, 0.717) is 5.56 Å². The molecule has 0 saturated heterocycles. The fourth-order valence-electron chi connectivity index (χ4n) is 1.75. The maximum absolute atomic E-state index is 12.0. The van der Waals surface area contributed by atoms with Crippen LogP contribution in [-0.2, 0) is 27.5 Å². The molecule has 0 aromatic heterocycles. The highest BCUT2D eigenvalue weighted by atomic mass is 19.4. The summed E-state index contributed by atoms with van der Waals surface area (Å²) in [4.78, 5) is 22.5. The van der Waals surface area contributed by atoms with Crippen LogP contribution in [0.15, 0.2) is 24.3 Å². The van der Waals surface area contributed by atoms with Crippen LogP contribution in [0.4, 0.5) is 13.2 Å². The maximum atomic E-state index is 12.0. The van der Waals surface area contributed by atoms with Crippen molar-refractivity contribution in [1.29, 1.82) is 0 Å². The number of halogens is 3. The summed E-state index contributed by atoms with van der Waals surface area (Å²) in [5.74, 6) is -0.617. The summed E-state index contributed by atoms with van der Waals surface area (Å²) in [6.45, 7) is 1.73. The van der Waals surface area contributed by atoms with E-state index in [2.05, 4.69) is 15.4 Å². The van der Waals surface area contributed by atoms with E-state index in [1.54, 1.807) is 31.2 Å². The van der Waals surface area contributed by atoms with Gasteiger partial charge < -0.3 is 15.4 Å². The maximum Gasteiger partial charge on any atom is 0.411 e. The van der Waals surface area contributed by atoms with Crippen LogP contribution in [0.1, 0.15) is 25.0 Å². The predicted molar refractivity (Wildman–Crippen MR) is 77.3 cm³/mol. The highest BCUT2D eigenvalue weighted by Gasteiger charge is 2.27. The van der Waals surface area contributed by atoms with Gasteiger partial charge in [0.1, 0.15) is 12.6 Å². The molecule has 2 amide bonds. The van der Waals surface area contributed by atoms with Gasteiger partial charge in [-0.25, -0.2) is 0 Å². The Labute approximate surface area is 132 Å². The Morgan fingerprint density at radius 1 is 1.17 bits per heavy atom. The second kappa shape index (κ2) is 8.52. The van der Waals surface area contributed by atoms with Crippen LogP contribution in [0, 0.1) is 0 Å². The third-order valence-electron chi connectivity index (χ3n) is 2.84. The van der Waals surface area contributed by atoms with Gasteiger partial charge >= 0.3 is 6.18 Å². The topological polar surface area (TPSA) is 67.4 Å². The van der Waals surface area contributed by atoms with Crippen LogP contribution in [0.2, 0.25) is 0 Å². The molecule has 8 heteroatoms. The number of hydrogen-bond acceptors (Lipinski definition) is 3. The van der Waals surface area contributed by atoms with Crippen molar-refractivity contribution < 1.29 is 27.5 Å². The van der Waals surface area contributed by atoms with Gasteiger partial charge in [-0.3, -0.25) is 9.59 Å². The Morgan fingerprint density at radius 3 is 2.26 bits per heavy atom. The summed E-state index contributed by atoms with van der Waals surface area (Å²) in [5.41, 5.74) is 1.39. The highest BCUT2D eigenvalue weighted by Crippen LogP contribution is 2.15. The molecule has 0 fully saturated rings. The minimum Gasteiger partial charge on any atom is -0.367 e. The van der Waals surface area contributed by atoms with Gasteiger partial charge in [0.25, 0.3) is 0 Å². The lowest BCUT2D eigenvalue weighted by atomic mass is 10.1. The third-order valence-corrected chi connectivity index (χ3v) is 2.84. The van der Waals surface area contributed by atoms with Gasteiger partial charge in [0, 0.05) is 13.5 Å². The second-order valence-electron chi connectivity index (χ2n) is 5.06. The van der Waals surface area contributed by atoms with Crippen molar-refractivity contribution in [3.63, 3.8) is 0 Å². The standard InChI is InChI=1S/C15H19F3N2O3/c1-10(20-11(2)21)14(22)19-7-12-3-5-13(6-4-12)8-23-9-15(16,17)18/h3-6,10H,7-9H2,1-2H3,(H,19,22)(H,20,21). The van der Waals surface area contributed by atoms with E-state index < -0.39 is 18.8 Å². The van der Waals surface area contributed by atoms with Gasteiger partial charge in [-0.2, -0.15) is 13.2 Å². The van der Waals surface area contributed by atoms with Crippen molar-refractivity contribution in [2.45, 2.75) is 39.2 Å². The lowest BCUT2D eigenvalue weighted by Crippen LogP contribution is -2.43. The Morgan fingerprint density at radius 2 is 1.74 bits per heavy atom. The molecule has 1 aromatic carbocycles. The lowest BCUT2D eigenvalue weighted by molar-refractivity contribution is -0.176. The minimum atomic E-state index is -4.34. The fourth-order valence-corrected chi connectivity index (χ4v) is 1.75. The van der Waals surface area contributed by atoms with Crippen molar-refractivity contribution in [3.8, 4) is 0 Å². The summed E-state index contributed by atoms with van der Waals surface area (Å²) in [6, 6.07) is 6.01. The average Bonchev–Trinajstić information content (AvgIpc) is 2.44. The Hall–Kier alpha value is -2.09. The predicted octanol–water partition coefficient (Wildman–Crippen LogP) is 1.91. The van der Waals surface area contributed by atoms with Crippen LogP contribution in [-0.4, -0.2) is 30.6 Å². The number of benzene rings is 1. The summed E-state index contributed by atoms with van der Waals surface area (Å²) in [6.07, 6.45) is -4.34. The van der Waals surface area contributed by atoms with E-state index in [9.17, 15) is 22.8 Å². The first kappa shape index (κ1) is 19.0. The van der Waals surface area contributed by atoms with Crippen LogP contribution in [0.3, 0.4) is 0 Å². The molecule has 0 radical (unpaired) electrons. The zero-order valence-electron chi connectivity index (χ0n) is 12.9. The third kappa shape index (κ3) is 8.20. The Bertz CT molecular complexity index is 530. The number of carbonyl (C=O) groups is 2. The van der Waals surface area contributed by atoms with Gasteiger partial charge in [0.15, 0.2) is 0 Å². The second-order valence-corrected chi connectivity index (χ2v) is 5.06. The van der Waals surface area contributed by atoms with E-state index in [4.69, 9.17) is 0 Å². The molecule has 2 N–H and O–H groups in total. The van der Waals surface area contributed by atoms with Gasteiger partial charge in [-0.15, -0.1) is 0 Å². The zero-order chi connectivity index (χ0) is 17.5. The van der Waals surface area contributed by atoms with Crippen molar-refractivity contribution in [2.75, 3.05) is 6.61 Å². The van der Waals surface area contributed by atoms with Gasteiger partial charge in [-0.1, -0.05) is 24.3 Å². The SMILES string of the molecule is CC(=O)NC(C)C(=O)NCc1ccc(COCC(F)(F)F)cc1.